The first-order valence-electron chi connectivity index (χ1n) is 8.27. The normalized spacial score (nSPS) is 11.8. The number of hydrogen-bond donors (Lipinski definition) is 0. The summed E-state index contributed by atoms with van der Waals surface area (Å²) >= 11 is 1.43. The van der Waals surface area contributed by atoms with Gasteiger partial charge in [-0.3, -0.25) is 0 Å². The van der Waals surface area contributed by atoms with Crippen LogP contribution in [0.3, 0.4) is 0 Å². The van der Waals surface area contributed by atoms with E-state index in [9.17, 15) is 5.26 Å². The molecule has 0 fully saturated rings. The number of nitriles is 1. The van der Waals surface area contributed by atoms with Crippen LogP contribution in [0.4, 0.5) is 0 Å². The highest BCUT2D eigenvalue weighted by Crippen LogP contribution is 2.31. The third kappa shape index (κ3) is 3.89. The van der Waals surface area contributed by atoms with Crippen LogP contribution in [0.15, 0.2) is 53.7 Å². The van der Waals surface area contributed by atoms with E-state index in [1.54, 1.807) is 7.11 Å². The molecule has 0 unspecified atom stereocenters. The van der Waals surface area contributed by atoms with Crippen molar-refractivity contribution in [3.8, 4) is 23.2 Å². The lowest BCUT2D eigenvalue weighted by Gasteiger charge is -2.10. The van der Waals surface area contributed by atoms with Crippen molar-refractivity contribution in [2.24, 2.45) is 7.05 Å². The fourth-order valence-electron chi connectivity index (χ4n) is 2.66. The highest BCUT2D eigenvalue weighted by atomic mass is 32.2. The number of methoxy groups -OCH3 is 1. The van der Waals surface area contributed by atoms with Crippen LogP contribution < -0.4 is 4.74 Å². The molecule has 132 valence electrons. The average Bonchev–Trinajstić information content (AvgIpc) is 3.03. The maximum absolute atomic E-state index is 9.55. The number of rotatable bonds is 6. The van der Waals surface area contributed by atoms with Gasteiger partial charge in [0.15, 0.2) is 11.0 Å². The monoisotopic (exact) mass is 364 g/mol. The maximum atomic E-state index is 9.55. The number of aryl methyl sites for hydroxylation is 1. The summed E-state index contributed by atoms with van der Waals surface area (Å²) in [7, 11) is 3.54. The molecule has 3 aromatic rings. The molecule has 6 heteroatoms. The Labute approximate surface area is 157 Å². The fraction of sp³-hybridized carbons (Fsp3) is 0.250. The molecule has 2 aromatic carbocycles. The molecule has 0 N–H and O–H groups in total. The SMILES string of the molecule is COc1ccccc1-c1nnc(S[C@@H](C#N)Cc2ccc(C)cc2)n1C. The molecule has 1 aromatic heterocycles. The minimum absolute atomic E-state index is 0.230. The Kier molecular flexibility index (Phi) is 5.59. The number of aromatic nitrogens is 3. The molecule has 0 amide bonds. The van der Waals surface area contributed by atoms with Crippen LogP contribution in [0.25, 0.3) is 11.4 Å². The van der Waals surface area contributed by atoms with E-state index in [1.165, 1.54) is 17.3 Å². The lowest BCUT2D eigenvalue weighted by Crippen LogP contribution is -2.06. The molecule has 0 saturated heterocycles. The predicted octanol–water partition coefficient (Wildman–Crippen LogP) is 4.03. The first-order valence-corrected chi connectivity index (χ1v) is 9.15. The molecule has 0 radical (unpaired) electrons. The largest absolute Gasteiger partial charge is 0.496 e. The molecule has 5 nitrogen and oxygen atoms in total. The number of hydrogen-bond acceptors (Lipinski definition) is 5. The third-order valence-electron chi connectivity index (χ3n) is 4.12. The number of para-hydroxylation sites is 1. The third-order valence-corrected chi connectivity index (χ3v) is 5.24. The summed E-state index contributed by atoms with van der Waals surface area (Å²) < 4.78 is 7.32. The van der Waals surface area contributed by atoms with Gasteiger partial charge in [0.05, 0.1) is 18.7 Å². The van der Waals surface area contributed by atoms with Crippen molar-refractivity contribution < 1.29 is 4.74 Å². The van der Waals surface area contributed by atoms with Crippen LogP contribution in [-0.2, 0) is 13.5 Å². The lowest BCUT2D eigenvalue weighted by atomic mass is 10.1. The van der Waals surface area contributed by atoms with Crippen molar-refractivity contribution in [2.45, 2.75) is 23.8 Å². The van der Waals surface area contributed by atoms with Crippen molar-refractivity contribution in [1.29, 1.82) is 5.26 Å². The Morgan fingerprint density at radius 3 is 2.58 bits per heavy atom. The Morgan fingerprint density at radius 1 is 1.15 bits per heavy atom. The first kappa shape index (κ1) is 18.0. The van der Waals surface area contributed by atoms with Crippen molar-refractivity contribution in [2.75, 3.05) is 7.11 Å². The first-order chi connectivity index (χ1) is 12.6. The summed E-state index contributed by atoms with van der Waals surface area (Å²) in [4.78, 5) is 0. The van der Waals surface area contributed by atoms with Gasteiger partial charge in [-0.05, 0) is 31.0 Å². The van der Waals surface area contributed by atoms with Crippen LogP contribution in [0.1, 0.15) is 11.1 Å². The van der Waals surface area contributed by atoms with E-state index in [1.807, 2.05) is 35.9 Å². The fourth-order valence-corrected chi connectivity index (χ4v) is 3.58. The number of thioether (sulfide) groups is 1. The second kappa shape index (κ2) is 8.07. The Morgan fingerprint density at radius 2 is 1.88 bits per heavy atom. The van der Waals surface area contributed by atoms with E-state index < -0.39 is 0 Å². The van der Waals surface area contributed by atoms with Crippen molar-refractivity contribution in [3.63, 3.8) is 0 Å². The second-order valence-corrected chi connectivity index (χ2v) is 7.16. The van der Waals surface area contributed by atoms with Gasteiger partial charge in [-0.15, -0.1) is 10.2 Å². The predicted molar refractivity (Wildman–Crippen MR) is 103 cm³/mol. The van der Waals surface area contributed by atoms with E-state index in [0.717, 1.165) is 22.7 Å². The quantitative estimate of drug-likeness (QED) is 0.618. The van der Waals surface area contributed by atoms with E-state index in [2.05, 4.69) is 47.5 Å². The topological polar surface area (TPSA) is 63.7 Å². The van der Waals surface area contributed by atoms with Gasteiger partial charge >= 0.3 is 0 Å². The zero-order valence-electron chi connectivity index (χ0n) is 15.0. The zero-order chi connectivity index (χ0) is 18.5. The molecule has 26 heavy (non-hydrogen) atoms. The van der Waals surface area contributed by atoms with E-state index in [0.29, 0.717) is 11.6 Å². The molecule has 0 aliphatic heterocycles. The van der Waals surface area contributed by atoms with E-state index >= 15 is 0 Å². The van der Waals surface area contributed by atoms with Gasteiger partial charge in [-0.2, -0.15) is 5.26 Å². The van der Waals surface area contributed by atoms with Crippen molar-refractivity contribution in [1.82, 2.24) is 14.8 Å². The Bertz CT molecular complexity index is 928. The number of benzene rings is 2. The van der Waals surface area contributed by atoms with Crippen LogP contribution in [0.5, 0.6) is 5.75 Å². The molecule has 1 heterocycles. The smallest absolute Gasteiger partial charge is 0.192 e. The van der Waals surface area contributed by atoms with Gasteiger partial charge < -0.3 is 9.30 Å². The maximum Gasteiger partial charge on any atom is 0.192 e. The Hall–Kier alpha value is -2.78. The van der Waals surface area contributed by atoms with Crippen LogP contribution in [0, 0.1) is 18.3 Å². The molecule has 0 spiro atoms. The van der Waals surface area contributed by atoms with Gasteiger partial charge in [-0.1, -0.05) is 53.7 Å². The van der Waals surface area contributed by atoms with E-state index in [-0.39, 0.29) is 5.25 Å². The van der Waals surface area contributed by atoms with Gasteiger partial charge in [0.1, 0.15) is 11.0 Å². The van der Waals surface area contributed by atoms with Gasteiger partial charge in [0.25, 0.3) is 0 Å². The summed E-state index contributed by atoms with van der Waals surface area (Å²) in [6.45, 7) is 2.05. The highest BCUT2D eigenvalue weighted by Gasteiger charge is 2.19. The average molecular weight is 364 g/mol. The Balaban J connectivity index is 1.81. The van der Waals surface area contributed by atoms with Crippen LogP contribution in [-0.4, -0.2) is 27.1 Å². The molecular weight excluding hydrogens is 344 g/mol. The zero-order valence-corrected chi connectivity index (χ0v) is 15.8. The lowest BCUT2D eigenvalue weighted by molar-refractivity contribution is 0.416. The molecule has 0 saturated carbocycles. The van der Waals surface area contributed by atoms with Gasteiger partial charge in [0, 0.05) is 7.05 Å². The van der Waals surface area contributed by atoms with Crippen molar-refractivity contribution in [3.05, 3.63) is 59.7 Å². The minimum atomic E-state index is -0.230. The number of nitrogens with zero attached hydrogens (tertiary/aromatic N) is 4. The summed E-state index contributed by atoms with van der Waals surface area (Å²) in [6, 6.07) is 18.3. The minimum Gasteiger partial charge on any atom is -0.496 e. The molecule has 1 atom stereocenters. The second-order valence-electron chi connectivity index (χ2n) is 5.99. The molecule has 0 aliphatic rings. The highest BCUT2D eigenvalue weighted by molar-refractivity contribution is 8.00. The summed E-state index contributed by atoms with van der Waals surface area (Å²) in [5, 5.41) is 18.6. The van der Waals surface area contributed by atoms with Crippen LogP contribution in [0.2, 0.25) is 0 Å². The number of ether oxygens (including phenoxy) is 1. The molecule has 0 bridgehead atoms. The summed E-state index contributed by atoms with van der Waals surface area (Å²) in [6.07, 6.45) is 0.665. The molecule has 0 aliphatic carbocycles. The molecular formula is C20H20N4OS. The van der Waals surface area contributed by atoms with E-state index in [4.69, 9.17) is 4.74 Å². The molecule has 3 rings (SSSR count). The summed E-state index contributed by atoms with van der Waals surface area (Å²) in [5.74, 6) is 1.47. The van der Waals surface area contributed by atoms with Gasteiger partial charge in [0.2, 0.25) is 0 Å². The summed E-state index contributed by atoms with van der Waals surface area (Å²) in [5.41, 5.74) is 3.23. The van der Waals surface area contributed by atoms with Crippen molar-refractivity contribution >= 4 is 11.8 Å². The van der Waals surface area contributed by atoms with Crippen LogP contribution >= 0.6 is 11.8 Å². The van der Waals surface area contributed by atoms with Gasteiger partial charge in [-0.25, -0.2) is 0 Å². The standard InChI is InChI=1S/C20H20N4OS/c1-14-8-10-15(11-9-14)12-16(13-21)26-20-23-22-19(24(20)2)17-6-4-5-7-18(17)25-3/h4-11,16H,12H2,1-3H3/t16-/m1/s1.